The molecule has 0 unspecified atom stereocenters. The Morgan fingerprint density at radius 3 is 2.47 bits per heavy atom. The number of hydrogen-bond acceptors (Lipinski definition) is 3. The minimum atomic E-state index is 0.0315. The van der Waals surface area contributed by atoms with Crippen LogP contribution in [0.3, 0.4) is 0 Å². The zero-order chi connectivity index (χ0) is 12.7. The molecular weight excluding hydrogens is 216 g/mol. The summed E-state index contributed by atoms with van der Waals surface area (Å²) < 4.78 is 10.9. The molecule has 0 fully saturated rings. The van der Waals surface area contributed by atoms with E-state index in [0.717, 1.165) is 0 Å². The van der Waals surface area contributed by atoms with Gasteiger partial charge in [-0.15, -0.1) is 6.58 Å². The van der Waals surface area contributed by atoms with Crippen molar-refractivity contribution in [2.45, 2.75) is 20.3 Å². The first-order chi connectivity index (χ1) is 8.22. The van der Waals surface area contributed by atoms with Crippen molar-refractivity contribution in [3.8, 4) is 11.5 Å². The van der Waals surface area contributed by atoms with Gasteiger partial charge in [0.05, 0.1) is 13.2 Å². The van der Waals surface area contributed by atoms with Gasteiger partial charge < -0.3 is 9.47 Å². The van der Waals surface area contributed by atoms with E-state index in [0.29, 0.717) is 36.7 Å². The molecule has 0 bridgehead atoms. The standard InChI is InChI=1S/C14H18O3/c1-4-7-12(15)11-8-9-13(16-5-2)14(10-11)17-6-3/h4,8-10H,1,5-7H2,2-3H3. The molecular formula is C14H18O3. The van der Waals surface area contributed by atoms with Crippen molar-refractivity contribution in [3.63, 3.8) is 0 Å². The Balaban J connectivity index is 2.99. The van der Waals surface area contributed by atoms with Crippen molar-refractivity contribution in [2.24, 2.45) is 0 Å². The molecule has 0 aliphatic carbocycles. The molecule has 0 saturated heterocycles. The Labute approximate surface area is 102 Å². The van der Waals surface area contributed by atoms with Crippen LogP contribution in [0.15, 0.2) is 30.9 Å². The highest BCUT2D eigenvalue weighted by Gasteiger charge is 2.10. The molecule has 0 spiro atoms. The van der Waals surface area contributed by atoms with Gasteiger partial charge >= 0.3 is 0 Å². The smallest absolute Gasteiger partial charge is 0.166 e. The summed E-state index contributed by atoms with van der Waals surface area (Å²) in [6.45, 7) is 8.47. The molecule has 0 N–H and O–H groups in total. The van der Waals surface area contributed by atoms with Gasteiger partial charge in [-0.2, -0.15) is 0 Å². The number of allylic oxidation sites excluding steroid dienone is 1. The largest absolute Gasteiger partial charge is 0.490 e. The van der Waals surface area contributed by atoms with E-state index < -0.39 is 0 Å². The maximum atomic E-state index is 11.7. The van der Waals surface area contributed by atoms with Crippen LogP contribution in [0.25, 0.3) is 0 Å². The zero-order valence-electron chi connectivity index (χ0n) is 10.4. The summed E-state index contributed by atoms with van der Waals surface area (Å²) in [5, 5.41) is 0. The Kier molecular flexibility index (Phi) is 5.27. The van der Waals surface area contributed by atoms with Crippen LogP contribution in [-0.2, 0) is 0 Å². The highest BCUT2D eigenvalue weighted by atomic mass is 16.5. The second-order valence-corrected chi connectivity index (χ2v) is 3.44. The molecule has 3 nitrogen and oxygen atoms in total. The number of Topliss-reactive ketones (excluding diaryl/α,β-unsaturated/α-hetero) is 1. The first-order valence-electron chi connectivity index (χ1n) is 5.76. The summed E-state index contributed by atoms with van der Waals surface area (Å²) in [4.78, 5) is 11.7. The average Bonchev–Trinajstić information content (AvgIpc) is 2.32. The van der Waals surface area contributed by atoms with Crippen LogP contribution < -0.4 is 9.47 Å². The lowest BCUT2D eigenvalue weighted by molar-refractivity contribution is 0.0995. The third-order valence-electron chi connectivity index (χ3n) is 2.20. The molecule has 1 rings (SSSR count). The molecule has 0 saturated carbocycles. The van der Waals surface area contributed by atoms with Gasteiger partial charge in [0, 0.05) is 12.0 Å². The van der Waals surface area contributed by atoms with Gasteiger partial charge in [-0.1, -0.05) is 6.08 Å². The molecule has 0 atom stereocenters. The van der Waals surface area contributed by atoms with Gasteiger partial charge in [-0.3, -0.25) is 4.79 Å². The monoisotopic (exact) mass is 234 g/mol. The van der Waals surface area contributed by atoms with Crippen molar-refractivity contribution in [3.05, 3.63) is 36.4 Å². The third kappa shape index (κ3) is 3.63. The van der Waals surface area contributed by atoms with E-state index in [-0.39, 0.29) is 5.78 Å². The normalized spacial score (nSPS) is 9.76. The third-order valence-corrected chi connectivity index (χ3v) is 2.20. The fourth-order valence-corrected chi connectivity index (χ4v) is 1.47. The number of carbonyl (C=O) groups excluding carboxylic acids is 1. The quantitative estimate of drug-likeness (QED) is 0.536. The Morgan fingerprint density at radius 1 is 1.24 bits per heavy atom. The maximum Gasteiger partial charge on any atom is 0.166 e. The first kappa shape index (κ1) is 13.3. The maximum absolute atomic E-state index is 11.7. The summed E-state index contributed by atoms with van der Waals surface area (Å²) in [5.74, 6) is 1.32. The first-order valence-corrected chi connectivity index (χ1v) is 5.76. The lowest BCUT2D eigenvalue weighted by Crippen LogP contribution is -2.02. The average molecular weight is 234 g/mol. The topological polar surface area (TPSA) is 35.5 Å². The second kappa shape index (κ2) is 6.74. The molecule has 3 heteroatoms. The summed E-state index contributed by atoms with van der Waals surface area (Å²) in [6.07, 6.45) is 1.93. The van der Waals surface area contributed by atoms with Gasteiger partial charge in [0.1, 0.15) is 0 Å². The number of carbonyl (C=O) groups is 1. The van der Waals surface area contributed by atoms with E-state index in [1.165, 1.54) is 0 Å². The van der Waals surface area contributed by atoms with Crippen molar-refractivity contribution in [1.82, 2.24) is 0 Å². The molecule has 17 heavy (non-hydrogen) atoms. The summed E-state index contributed by atoms with van der Waals surface area (Å²) in [7, 11) is 0. The van der Waals surface area contributed by atoms with E-state index in [9.17, 15) is 4.79 Å². The molecule has 1 aromatic rings. The minimum absolute atomic E-state index is 0.0315. The van der Waals surface area contributed by atoms with Gasteiger partial charge in [-0.05, 0) is 32.0 Å². The molecule has 0 heterocycles. The zero-order valence-corrected chi connectivity index (χ0v) is 10.4. The molecule has 92 valence electrons. The van der Waals surface area contributed by atoms with Crippen LogP contribution in [0.5, 0.6) is 11.5 Å². The molecule has 0 radical (unpaired) electrons. The number of benzene rings is 1. The van der Waals surface area contributed by atoms with Crippen molar-refractivity contribution in [1.29, 1.82) is 0 Å². The highest BCUT2D eigenvalue weighted by Crippen LogP contribution is 2.28. The van der Waals surface area contributed by atoms with Crippen LogP contribution in [0.4, 0.5) is 0 Å². The Bertz CT molecular complexity index is 396. The van der Waals surface area contributed by atoms with E-state index in [1.807, 2.05) is 13.8 Å². The highest BCUT2D eigenvalue weighted by molar-refractivity contribution is 5.97. The summed E-state index contributed by atoms with van der Waals surface area (Å²) >= 11 is 0. The predicted molar refractivity (Wildman–Crippen MR) is 67.9 cm³/mol. The molecule has 1 aromatic carbocycles. The van der Waals surface area contributed by atoms with Crippen LogP contribution in [-0.4, -0.2) is 19.0 Å². The number of hydrogen-bond donors (Lipinski definition) is 0. The lowest BCUT2D eigenvalue weighted by atomic mass is 10.1. The SMILES string of the molecule is C=CCC(=O)c1ccc(OCC)c(OCC)c1. The van der Waals surface area contributed by atoms with Crippen LogP contribution in [0, 0.1) is 0 Å². The molecule has 0 aromatic heterocycles. The summed E-state index contributed by atoms with van der Waals surface area (Å²) in [5.41, 5.74) is 0.622. The fraction of sp³-hybridized carbons (Fsp3) is 0.357. The van der Waals surface area contributed by atoms with Gasteiger partial charge in [0.2, 0.25) is 0 Å². The predicted octanol–water partition coefficient (Wildman–Crippen LogP) is 3.24. The number of ether oxygens (including phenoxy) is 2. The van der Waals surface area contributed by atoms with Crippen molar-refractivity contribution >= 4 is 5.78 Å². The summed E-state index contributed by atoms with van der Waals surface area (Å²) in [6, 6.07) is 5.24. The van der Waals surface area contributed by atoms with Gasteiger partial charge in [-0.25, -0.2) is 0 Å². The molecule has 0 amide bonds. The minimum Gasteiger partial charge on any atom is -0.490 e. The van der Waals surface area contributed by atoms with Crippen LogP contribution in [0.1, 0.15) is 30.6 Å². The molecule has 0 aliphatic heterocycles. The second-order valence-electron chi connectivity index (χ2n) is 3.44. The van der Waals surface area contributed by atoms with Gasteiger partial charge in [0.25, 0.3) is 0 Å². The van der Waals surface area contributed by atoms with Crippen molar-refractivity contribution in [2.75, 3.05) is 13.2 Å². The fourth-order valence-electron chi connectivity index (χ4n) is 1.47. The van der Waals surface area contributed by atoms with E-state index in [1.54, 1.807) is 24.3 Å². The Morgan fingerprint density at radius 2 is 1.88 bits per heavy atom. The number of ketones is 1. The Hall–Kier alpha value is -1.77. The van der Waals surface area contributed by atoms with E-state index in [2.05, 4.69) is 6.58 Å². The van der Waals surface area contributed by atoms with E-state index in [4.69, 9.17) is 9.47 Å². The van der Waals surface area contributed by atoms with Crippen LogP contribution >= 0.6 is 0 Å². The van der Waals surface area contributed by atoms with E-state index >= 15 is 0 Å². The van der Waals surface area contributed by atoms with Gasteiger partial charge in [0.15, 0.2) is 17.3 Å². The number of rotatable bonds is 7. The lowest BCUT2D eigenvalue weighted by Gasteiger charge is -2.11. The van der Waals surface area contributed by atoms with Crippen molar-refractivity contribution < 1.29 is 14.3 Å². The van der Waals surface area contributed by atoms with Crippen LogP contribution in [0.2, 0.25) is 0 Å². The molecule has 0 aliphatic rings.